The highest BCUT2D eigenvalue weighted by Gasteiger charge is 2.59. The Labute approximate surface area is 283 Å². The average Bonchev–Trinajstić information content (AvgIpc) is 3.85. The van der Waals surface area contributed by atoms with Crippen molar-refractivity contribution in [3.8, 4) is 0 Å². The Morgan fingerprint density at radius 2 is 1.83 bits per heavy atom. The fourth-order valence-corrected chi connectivity index (χ4v) is 7.58. The van der Waals surface area contributed by atoms with Gasteiger partial charge in [0.05, 0.1) is 36.5 Å². The van der Waals surface area contributed by atoms with Gasteiger partial charge in [0.25, 0.3) is 11.9 Å². The van der Waals surface area contributed by atoms with E-state index >= 15 is 0 Å². The van der Waals surface area contributed by atoms with Gasteiger partial charge in [-0.05, 0) is 43.6 Å². The van der Waals surface area contributed by atoms with Crippen molar-refractivity contribution in [1.82, 2.24) is 25.0 Å². The molecule has 1 N–H and O–H groups in total. The van der Waals surface area contributed by atoms with Gasteiger partial charge in [0, 0.05) is 50.8 Å². The molecule has 11 nitrogen and oxygen atoms in total. The van der Waals surface area contributed by atoms with Crippen LogP contribution in [0.3, 0.4) is 0 Å². The summed E-state index contributed by atoms with van der Waals surface area (Å²) < 4.78 is 13.6. The van der Waals surface area contributed by atoms with Crippen LogP contribution in [-0.2, 0) is 20.9 Å². The molecule has 3 aliphatic rings. The molecule has 11 heteroatoms. The number of ether oxygens (including phenoxy) is 1. The highest BCUT2D eigenvalue weighted by molar-refractivity contribution is 5.95. The number of rotatable bonds is 14. The number of hydrogen-bond acceptors (Lipinski definition) is 8. The lowest BCUT2D eigenvalue weighted by atomic mass is 9.71. The van der Waals surface area contributed by atoms with E-state index in [4.69, 9.17) is 9.15 Å². The molecule has 2 saturated heterocycles. The average molecular weight is 659 g/mol. The highest BCUT2D eigenvalue weighted by Crippen LogP contribution is 2.46. The molecule has 2 amide bonds. The SMILES string of the molecule is CC(C)CCC(=O)[C@@H](NC(=O)[C@@H]1CN(C(=O)c2cnn(Cc3ccccc3)c2)CC12CN(c1ncco1)C2)[C@@H](C)OCC1CCCCC1. The molecular weight excluding hydrogens is 608 g/mol. The smallest absolute Gasteiger partial charge is 0.297 e. The normalized spacial score (nSPS) is 20.5. The van der Waals surface area contributed by atoms with E-state index in [-0.39, 0.29) is 24.1 Å². The number of benzene rings is 1. The first-order chi connectivity index (χ1) is 23.2. The number of amides is 2. The number of hydrogen-bond donors (Lipinski definition) is 1. The number of Topliss-reactive ketones (excluding diaryl/α,β-unsaturated/α-hetero) is 1. The minimum atomic E-state index is -0.749. The predicted octanol–water partition coefficient (Wildman–Crippen LogP) is 4.97. The molecule has 3 fully saturated rings. The Kier molecular flexibility index (Phi) is 10.6. The molecule has 6 rings (SSSR count). The molecule has 3 atom stereocenters. The van der Waals surface area contributed by atoms with Crippen LogP contribution in [0.5, 0.6) is 0 Å². The molecule has 1 spiro atoms. The summed E-state index contributed by atoms with van der Waals surface area (Å²) in [5.74, 6) is -0.0312. The number of likely N-dealkylation sites (tertiary alicyclic amines) is 1. The van der Waals surface area contributed by atoms with Gasteiger partial charge in [-0.2, -0.15) is 5.10 Å². The lowest BCUT2D eigenvalue weighted by molar-refractivity contribution is -0.136. The van der Waals surface area contributed by atoms with E-state index in [1.54, 1.807) is 28.2 Å². The zero-order valence-electron chi connectivity index (χ0n) is 28.6. The third-order valence-electron chi connectivity index (χ3n) is 10.4. The zero-order valence-corrected chi connectivity index (χ0v) is 28.6. The topological polar surface area (TPSA) is 123 Å². The van der Waals surface area contributed by atoms with Gasteiger partial charge in [0.15, 0.2) is 5.78 Å². The van der Waals surface area contributed by atoms with Crippen LogP contribution in [0, 0.1) is 23.2 Å². The number of carbonyl (C=O) groups excluding carboxylic acids is 3. The van der Waals surface area contributed by atoms with Crippen molar-refractivity contribution in [2.45, 2.75) is 84.4 Å². The van der Waals surface area contributed by atoms with E-state index in [0.29, 0.717) is 62.6 Å². The largest absolute Gasteiger partial charge is 0.432 e. The summed E-state index contributed by atoms with van der Waals surface area (Å²) in [6.07, 6.45) is 13.2. The van der Waals surface area contributed by atoms with Crippen LogP contribution in [0.4, 0.5) is 6.01 Å². The maximum absolute atomic E-state index is 14.3. The Morgan fingerprint density at radius 3 is 2.54 bits per heavy atom. The molecule has 2 aromatic heterocycles. The summed E-state index contributed by atoms with van der Waals surface area (Å²) in [5, 5.41) is 7.59. The van der Waals surface area contributed by atoms with Crippen molar-refractivity contribution < 1.29 is 23.5 Å². The van der Waals surface area contributed by atoms with E-state index in [0.717, 1.165) is 24.8 Å². The van der Waals surface area contributed by atoms with Crippen molar-refractivity contribution in [1.29, 1.82) is 0 Å². The van der Waals surface area contributed by atoms with Gasteiger partial charge in [0.2, 0.25) is 5.91 Å². The second kappa shape index (κ2) is 15.1. The van der Waals surface area contributed by atoms with Crippen LogP contribution in [0.25, 0.3) is 0 Å². The van der Waals surface area contributed by atoms with Gasteiger partial charge >= 0.3 is 0 Å². The standard InChI is InChI=1S/C37H50N6O5/c1-26(2)14-15-32(44)33(27(3)48-22-29-12-8-5-9-13-29)40-34(45)31-21-41(23-37(31)24-42(25-37)36-38-16-17-47-36)35(46)30-18-39-43(20-30)19-28-10-6-4-7-11-28/h4,6-7,10-11,16-18,20,26-27,29,31,33H,5,8-9,12-15,19,21-25H2,1-3H3,(H,40,45)/t27-,31+,33+/m1/s1. The summed E-state index contributed by atoms with van der Waals surface area (Å²) in [5.41, 5.74) is 1.07. The highest BCUT2D eigenvalue weighted by atomic mass is 16.5. The third kappa shape index (κ3) is 7.83. The van der Waals surface area contributed by atoms with Crippen molar-refractivity contribution >= 4 is 23.6 Å². The van der Waals surface area contributed by atoms with Gasteiger partial charge < -0.3 is 24.3 Å². The zero-order chi connectivity index (χ0) is 33.7. The van der Waals surface area contributed by atoms with Crippen LogP contribution in [-0.4, -0.2) is 82.2 Å². The fourth-order valence-electron chi connectivity index (χ4n) is 7.58. The van der Waals surface area contributed by atoms with E-state index < -0.39 is 23.5 Å². The minimum Gasteiger partial charge on any atom is -0.432 e. The van der Waals surface area contributed by atoms with Crippen LogP contribution in [0.15, 0.2) is 59.6 Å². The Balaban J connectivity index is 1.17. The van der Waals surface area contributed by atoms with E-state index in [1.165, 1.54) is 25.5 Å². The quantitative estimate of drug-likeness (QED) is 0.258. The number of nitrogens with one attached hydrogen (secondary N) is 1. The fraction of sp³-hybridized carbons (Fsp3) is 0.595. The van der Waals surface area contributed by atoms with Crippen LogP contribution < -0.4 is 10.2 Å². The predicted molar refractivity (Wildman–Crippen MR) is 181 cm³/mol. The molecule has 3 aromatic rings. The summed E-state index contributed by atoms with van der Waals surface area (Å²) in [6.45, 7) is 8.94. The van der Waals surface area contributed by atoms with Gasteiger partial charge in [-0.15, -0.1) is 0 Å². The van der Waals surface area contributed by atoms with Crippen molar-refractivity contribution in [3.05, 3.63) is 66.3 Å². The number of aromatic nitrogens is 3. The molecule has 0 unspecified atom stereocenters. The third-order valence-corrected chi connectivity index (χ3v) is 10.4. The number of ketones is 1. The lowest BCUT2D eigenvalue weighted by Crippen LogP contribution is -2.64. The molecule has 1 aliphatic carbocycles. The molecular formula is C37H50N6O5. The minimum absolute atomic E-state index is 0.00553. The first-order valence-electron chi connectivity index (χ1n) is 17.7. The number of carbonyl (C=O) groups is 3. The number of oxazole rings is 1. The Hall–Kier alpha value is -3.99. The molecule has 4 heterocycles. The number of nitrogens with zero attached hydrogens (tertiary/aromatic N) is 5. The van der Waals surface area contributed by atoms with Gasteiger partial charge in [-0.25, -0.2) is 4.98 Å². The molecule has 0 bridgehead atoms. The maximum atomic E-state index is 14.3. The second-order valence-corrected chi connectivity index (χ2v) is 14.6. The lowest BCUT2D eigenvalue weighted by Gasteiger charge is -2.49. The van der Waals surface area contributed by atoms with Crippen molar-refractivity contribution in [3.63, 3.8) is 0 Å². The maximum Gasteiger partial charge on any atom is 0.297 e. The van der Waals surface area contributed by atoms with Crippen molar-refractivity contribution in [2.24, 2.45) is 23.2 Å². The van der Waals surface area contributed by atoms with Gasteiger partial charge in [-0.1, -0.05) is 63.4 Å². The number of anilines is 1. The van der Waals surface area contributed by atoms with E-state index in [2.05, 4.69) is 29.2 Å². The van der Waals surface area contributed by atoms with E-state index in [9.17, 15) is 14.4 Å². The summed E-state index contributed by atoms with van der Waals surface area (Å²) in [4.78, 5) is 49.8. The molecule has 0 radical (unpaired) electrons. The molecule has 258 valence electrons. The Morgan fingerprint density at radius 1 is 1.06 bits per heavy atom. The Bertz CT molecular complexity index is 1510. The van der Waals surface area contributed by atoms with Crippen molar-refractivity contribution in [2.75, 3.05) is 37.7 Å². The molecule has 48 heavy (non-hydrogen) atoms. The summed E-state index contributed by atoms with van der Waals surface area (Å²) >= 11 is 0. The van der Waals surface area contributed by atoms with E-state index in [1.807, 2.05) is 42.2 Å². The van der Waals surface area contributed by atoms with Crippen LogP contribution in [0.2, 0.25) is 0 Å². The second-order valence-electron chi connectivity index (χ2n) is 14.6. The monoisotopic (exact) mass is 658 g/mol. The molecule has 1 saturated carbocycles. The van der Waals surface area contributed by atoms with Crippen LogP contribution >= 0.6 is 0 Å². The molecule has 1 aromatic carbocycles. The van der Waals surface area contributed by atoms with Gasteiger partial charge in [-0.3, -0.25) is 19.1 Å². The molecule has 2 aliphatic heterocycles. The summed E-state index contributed by atoms with van der Waals surface area (Å²) in [6, 6.07) is 9.72. The summed E-state index contributed by atoms with van der Waals surface area (Å²) in [7, 11) is 0. The first-order valence-corrected chi connectivity index (χ1v) is 17.7. The van der Waals surface area contributed by atoms with Gasteiger partial charge in [0.1, 0.15) is 12.3 Å². The van der Waals surface area contributed by atoms with Crippen LogP contribution in [0.1, 0.15) is 81.6 Å². The first kappa shape index (κ1) is 33.9.